The van der Waals surface area contributed by atoms with Crippen molar-refractivity contribution >= 4 is 23.7 Å². The van der Waals surface area contributed by atoms with Crippen LogP contribution >= 0.6 is 0 Å². The van der Waals surface area contributed by atoms with E-state index >= 15 is 0 Å². The monoisotopic (exact) mass is 542 g/mol. The quantitative estimate of drug-likeness (QED) is 0.125. The molecular formula is C30H54O8. The number of Topliss-reactive ketones (excluding diaryl/α,β-unsaturated/α-hetero) is 1. The Morgan fingerprint density at radius 2 is 0.763 bits per heavy atom. The molecule has 38 heavy (non-hydrogen) atoms. The third kappa shape index (κ3) is 21.0. The van der Waals surface area contributed by atoms with Crippen LogP contribution in [0, 0.1) is 35.5 Å². The summed E-state index contributed by atoms with van der Waals surface area (Å²) in [4.78, 5) is 46.8. The van der Waals surface area contributed by atoms with Gasteiger partial charge < -0.3 is 23.7 Å². The number of esters is 3. The molecule has 0 fully saturated rings. The molecular weight excluding hydrogens is 488 g/mol. The van der Waals surface area contributed by atoms with Crippen molar-refractivity contribution in [2.75, 3.05) is 33.5 Å². The Morgan fingerprint density at radius 1 is 0.474 bits per heavy atom. The maximum atomic E-state index is 12.1. The van der Waals surface area contributed by atoms with Gasteiger partial charge in [0.25, 0.3) is 0 Å². The molecule has 8 heteroatoms. The van der Waals surface area contributed by atoms with Gasteiger partial charge in [-0.2, -0.15) is 0 Å². The largest absolute Gasteiger partial charge is 0.465 e. The lowest BCUT2D eigenvalue weighted by molar-refractivity contribution is -0.151. The van der Waals surface area contributed by atoms with Gasteiger partial charge in [0.1, 0.15) is 5.78 Å². The molecule has 0 aliphatic carbocycles. The summed E-state index contributed by atoms with van der Waals surface area (Å²) < 4.78 is 21.2. The van der Waals surface area contributed by atoms with Crippen molar-refractivity contribution in [3.8, 4) is 0 Å². The maximum Gasteiger partial charge on any atom is 0.306 e. The van der Waals surface area contributed by atoms with E-state index in [1.54, 1.807) is 7.11 Å². The van der Waals surface area contributed by atoms with E-state index in [0.29, 0.717) is 37.6 Å². The zero-order chi connectivity index (χ0) is 29.1. The smallest absolute Gasteiger partial charge is 0.306 e. The molecule has 0 aromatic carbocycles. The molecule has 0 radical (unpaired) electrons. The molecule has 0 saturated carbocycles. The second-order valence-electron chi connectivity index (χ2n) is 11.8. The number of carbonyl (C=O) groups is 4. The molecule has 0 spiro atoms. The molecule has 0 heterocycles. The highest BCUT2D eigenvalue weighted by atomic mass is 16.5. The SMILES string of the molecule is COC[C@@H](C)C[C@@H](C)C[C@@H](C)COC(=O)CCC(=O)OC[C@H](C)C[C@H](C)C[C@H](C)COC(=O)CCC(C)=O. The zero-order valence-electron chi connectivity index (χ0n) is 25.2. The molecule has 222 valence electrons. The standard InChI is InChI=1S/C30H54O8/c1-21(13-23(3)17-35-8)14-24(4)19-37-29(33)11-12-30(34)38-20-26(6)16-22(2)15-25(5)18-36-28(32)10-9-27(7)31/h21-26H,9-20H2,1-8H3/t21-,22-,23+,24-,25+,26-/m1/s1. The first kappa shape index (κ1) is 36.0. The number of methoxy groups -OCH3 is 1. The average Bonchev–Trinajstić information content (AvgIpc) is 2.82. The van der Waals surface area contributed by atoms with E-state index in [4.69, 9.17) is 18.9 Å². The third-order valence-corrected chi connectivity index (χ3v) is 6.47. The van der Waals surface area contributed by atoms with Crippen LogP contribution < -0.4 is 0 Å². The van der Waals surface area contributed by atoms with Crippen LogP contribution in [0.2, 0.25) is 0 Å². The minimum Gasteiger partial charge on any atom is -0.465 e. The van der Waals surface area contributed by atoms with Crippen LogP contribution in [0.4, 0.5) is 0 Å². The number of carbonyl (C=O) groups excluding carboxylic acids is 4. The fourth-order valence-corrected chi connectivity index (χ4v) is 4.90. The van der Waals surface area contributed by atoms with Crippen LogP contribution in [0.3, 0.4) is 0 Å². The number of ether oxygens (including phenoxy) is 4. The third-order valence-electron chi connectivity index (χ3n) is 6.47. The lowest BCUT2D eigenvalue weighted by atomic mass is 9.90. The van der Waals surface area contributed by atoms with Crippen LogP contribution in [-0.4, -0.2) is 57.2 Å². The fraction of sp³-hybridized carbons (Fsp3) is 0.867. The highest BCUT2D eigenvalue weighted by Gasteiger charge is 2.18. The number of hydrogen-bond donors (Lipinski definition) is 0. The highest BCUT2D eigenvalue weighted by Crippen LogP contribution is 2.22. The second-order valence-corrected chi connectivity index (χ2v) is 11.8. The topological polar surface area (TPSA) is 105 Å². The summed E-state index contributed by atoms with van der Waals surface area (Å²) in [5.74, 6) is 0.942. The first-order valence-corrected chi connectivity index (χ1v) is 14.3. The first-order chi connectivity index (χ1) is 17.8. The molecule has 0 aromatic rings. The lowest BCUT2D eigenvalue weighted by Crippen LogP contribution is -2.19. The van der Waals surface area contributed by atoms with Crippen molar-refractivity contribution in [2.45, 2.75) is 99.8 Å². The molecule has 0 bridgehead atoms. The van der Waals surface area contributed by atoms with Gasteiger partial charge >= 0.3 is 17.9 Å². The molecule has 0 aliphatic rings. The average molecular weight is 543 g/mol. The van der Waals surface area contributed by atoms with Gasteiger partial charge in [0.15, 0.2) is 0 Å². The summed E-state index contributed by atoms with van der Waals surface area (Å²) in [5, 5.41) is 0. The Bertz CT molecular complexity index is 692. The molecule has 6 atom stereocenters. The Hall–Kier alpha value is -1.96. The first-order valence-electron chi connectivity index (χ1n) is 14.3. The van der Waals surface area contributed by atoms with E-state index in [0.717, 1.165) is 32.3 Å². The van der Waals surface area contributed by atoms with Gasteiger partial charge in [-0.3, -0.25) is 14.4 Å². The van der Waals surface area contributed by atoms with Gasteiger partial charge in [-0.1, -0.05) is 41.5 Å². The predicted octanol–water partition coefficient (Wildman–Crippen LogP) is 5.79. The minimum absolute atomic E-state index is 0.0203. The van der Waals surface area contributed by atoms with E-state index in [9.17, 15) is 19.2 Å². The molecule has 0 unspecified atom stereocenters. The Morgan fingerprint density at radius 3 is 1.05 bits per heavy atom. The minimum atomic E-state index is -0.388. The van der Waals surface area contributed by atoms with E-state index in [1.807, 2.05) is 13.8 Å². The van der Waals surface area contributed by atoms with Crippen LogP contribution in [-0.2, 0) is 38.1 Å². The van der Waals surface area contributed by atoms with Gasteiger partial charge in [-0.25, -0.2) is 0 Å². The van der Waals surface area contributed by atoms with Gasteiger partial charge in [0, 0.05) is 20.1 Å². The van der Waals surface area contributed by atoms with Crippen LogP contribution in [0.25, 0.3) is 0 Å². The van der Waals surface area contributed by atoms with E-state index in [2.05, 4.69) is 27.7 Å². The summed E-state index contributed by atoms with van der Waals surface area (Å²) in [6.45, 7) is 15.9. The van der Waals surface area contributed by atoms with Crippen molar-refractivity contribution in [3.05, 3.63) is 0 Å². The molecule has 0 saturated heterocycles. The summed E-state index contributed by atoms with van der Waals surface area (Å²) in [6, 6.07) is 0. The van der Waals surface area contributed by atoms with Gasteiger partial charge in [0.05, 0.1) is 39.1 Å². The van der Waals surface area contributed by atoms with Gasteiger partial charge in [-0.15, -0.1) is 0 Å². The van der Waals surface area contributed by atoms with Crippen LogP contribution in [0.1, 0.15) is 99.8 Å². The van der Waals surface area contributed by atoms with E-state index in [-0.39, 0.29) is 67.1 Å². The molecule has 0 aromatic heterocycles. The molecule has 8 nitrogen and oxygen atoms in total. The molecule has 0 rings (SSSR count). The highest BCUT2D eigenvalue weighted by molar-refractivity contribution is 5.81. The summed E-state index contributed by atoms with van der Waals surface area (Å²) in [6.07, 6.45) is 4.20. The molecule has 0 amide bonds. The van der Waals surface area contributed by atoms with Crippen LogP contribution in [0.5, 0.6) is 0 Å². The lowest BCUT2D eigenvalue weighted by Gasteiger charge is -2.21. The zero-order valence-corrected chi connectivity index (χ0v) is 25.2. The number of ketones is 1. The van der Waals surface area contributed by atoms with E-state index < -0.39 is 0 Å². The van der Waals surface area contributed by atoms with Gasteiger partial charge in [-0.05, 0) is 68.1 Å². The van der Waals surface area contributed by atoms with Crippen molar-refractivity contribution in [3.63, 3.8) is 0 Å². The summed E-state index contributed by atoms with van der Waals surface area (Å²) >= 11 is 0. The second kappa shape index (κ2) is 20.9. The van der Waals surface area contributed by atoms with Crippen molar-refractivity contribution in [1.82, 2.24) is 0 Å². The number of hydrogen-bond acceptors (Lipinski definition) is 8. The Kier molecular flexibility index (Phi) is 19.9. The Labute approximate surface area is 230 Å². The normalized spacial score (nSPS) is 16.0. The fourth-order valence-electron chi connectivity index (χ4n) is 4.90. The van der Waals surface area contributed by atoms with Crippen molar-refractivity contribution in [1.29, 1.82) is 0 Å². The number of rotatable bonds is 22. The molecule has 0 aliphatic heterocycles. The molecule has 0 N–H and O–H groups in total. The maximum absolute atomic E-state index is 12.1. The van der Waals surface area contributed by atoms with Crippen molar-refractivity contribution < 1.29 is 38.1 Å². The predicted molar refractivity (Wildman–Crippen MR) is 147 cm³/mol. The van der Waals surface area contributed by atoms with Gasteiger partial charge in [0.2, 0.25) is 0 Å². The van der Waals surface area contributed by atoms with Crippen LogP contribution in [0.15, 0.2) is 0 Å². The van der Waals surface area contributed by atoms with E-state index in [1.165, 1.54) is 6.92 Å². The van der Waals surface area contributed by atoms with Crippen molar-refractivity contribution in [2.24, 2.45) is 35.5 Å². The summed E-state index contributed by atoms with van der Waals surface area (Å²) in [5.41, 5.74) is 0. The summed E-state index contributed by atoms with van der Waals surface area (Å²) in [7, 11) is 1.72. The Balaban J connectivity index is 4.02.